The zero-order chi connectivity index (χ0) is 27.4. The largest absolute Gasteiger partial charge is 0.348 e. The van der Waals surface area contributed by atoms with Gasteiger partial charge >= 0.3 is 6.03 Å². The minimum Gasteiger partial charge on any atom is -0.348 e. The van der Waals surface area contributed by atoms with Gasteiger partial charge in [0.25, 0.3) is 5.91 Å². The quantitative estimate of drug-likeness (QED) is 0.305. The lowest BCUT2D eigenvalue weighted by molar-refractivity contribution is 0.0922. The molecule has 0 aliphatic carbocycles. The van der Waals surface area contributed by atoms with E-state index in [0.717, 1.165) is 42.4 Å². The van der Waals surface area contributed by atoms with Crippen molar-refractivity contribution in [3.8, 4) is 0 Å². The summed E-state index contributed by atoms with van der Waals surface area (Å²) >= 11 is 1.26. The predicted molar refractivity (Wildman–Crippen MR) is 154 cm³/mol. The second-order valence-electron chi connectivity index (χ2n) is 10.3. The van der Waals surface area contributed by atoms with Crippen molar-refractivity contribution < 1.29 is 14.0 Å². The first-order chi connectivity index (χ1) is 19.4. The number of amides is 3. The number of rotatable bonds is 5. The average Bonchev–Trinajstić information content (AvgIpc) is 3.52. The van der Waals surface area contributed by atoms with Crippen LogP contribution in [0.3, 0.4) is 0 Å². The molecule has 5 heterocycles. The van der Waals surface area contributed by atoms with E-state index < -0.39 is 6.03 Å². The fourth-order valence-electron chi connectivity index (χ4n) is 5.57. The summed E-state index contributed by atoms with van der Waals surface area (Å²) in [6.45, 7) is 2.39. The van der Waals surface area contributed by atoms with E-state index in [4.69, 9.17) is 0 Å². The van der Waals surface area contributed by atoms with Crippen LogP contribution in [-0.2, 0) is 6.54 Å². The highest BCUT2D eigenvalue weighted by atomic mass is 32.1. The number of nitrogens with zero attached hydrogens (tertiary/aromatic N) is 5. The van der Waals surface area contributed by atoms with E-state index in [0.29, 0.717) is 38.8 Å². The predicted octanol–water partition coefficient (Wildman–Crippen LogP) is 5.34. The number of carbonyl (C=O) groups excluding carboxylic acids is 2. The van der Waals surface area contributed by atoms with Crippen LogP contribution in [0.2, 0.25) is 0 Å². The maximum Gasteiger partial charge on any atom is 0.332 e. The molecular formula is C29H26FN7O2S. The molecule has 0 atom stereocenters. The molecule has 0 unspecified atom stereocenters. The number of fused-ring (bicyclic) bond motifs is 1. The summed E-state index contributed by atoms with van der Waals surface area (Å²) in [5, 5.41) is 7.68. The van der Waals surface area contributed by atoms with Crippen molar-refractivity contribution in [2.75, 3.05) is 30.4 Å². The number of hydrogen-bond acceptors (Lipinski definition) is 6. The van der Waals surface area contributed by atoms with Gasteiger partial charge in [0.15, 0.2) is 5.82 Å². The molecule has 1 saturated heterocycles. The summed E-state index contributed by atoms with van der Waals surface area (Å²) in [7, 11) is 2.08. The number of likely N-dealkylation sites (tertiary alicyclic amines) is 1. The Morgan fingerprint density at radius 1 is 1.15 bits per heavy atom. The number of hydrogen-bond donors (Lipinski definition) is 2. The molecule has 5 aromatic rings. The summed E-state index contributed by atoms with van der Waals surface area (Å²) in [5.41, 5.74) is 2.93. The SMILES string of the molecule is CN1CCC(NC(=O)c2sc3ncnc4c3c2NC(=O)N4c2ccc3c(ccn3Cc3cccc(F)c3)c2)CC1. The molecule has 9 nitrogen and oxygen atoms in total. The summed E-state index contributed by atoms with van der Waals surface area (Å²) in [5.74, 6) is -0.0241. The van der Waals surface area contributed by atoms with E-state index in [1.165, 1.54) is 34.7 Å². The fraction of sp³-hybridized carbons (Fsp3) is 0.241. The van der Waals surface area contributed by atoms with Crippen LogP contribution in [0.25, 0.3) is 21.1 Å². The maximum atomic E-state index is 13.7. The Balaban J connectivity index is 1.21. The molecule has 3 aromatic heterocycles. The number of urea groups is 1. The number of benzene rings is 2. The highest BCUT2D eigenvalue weighted by Gasteiger charge is 2.34. The van der Waals surface area contributed by atoms with Gasteiger partial charge in [0, 0.05) is 29.7 Å². The summed E-state index contributed by atoms with van der Waals surface area (Å²) < 4.78 is 15.7. The Hall–Kier alpha value is -4.35. The van der Waals surface area contributed by atoms with Crippen molar-refractivity contribution >= 4 is 61.6 Å². The molecule has 2 aliphatic heterocycles. The van der Waals surface area contributed by atoms with Crippen LogP contribution in [0.5, 0.6) is 0 Å². The number of carbonyl (C=O) groups is 2. The van der Waals surface area contributed by atoms with E-state index in [1.807, 2.05) is 41.1 Å². The van der Waals surface area contributed by atoms with Gasteiger partial charge < -0.3 is 20.1 Å². The van der Waals surface area contributed by atoms with E-state index in [1.54, 1.807) is 6.07 Å². The van der Waals surface area contributed by atoms with E-state index in [2.05, 4.69) is 32.5 Å². The number of piperidine rings is 1. The number of halogens is 1. The minimum absolute atomic E-state index is 0.0994. The zero-order valence-corrected chi connectivity index (χ0v) is 22.5. The number of nitrogens with one attached hydrogen (secondary N) is 2. The van der Waals surface area contributed by atoms with Gasteiger partial charge in [0.1, 0.15) is 21.9 Å². The van der Waals surface area contributed by atoms with Gasteiger partial charge in [-0.15, -0.1) is 11.3 Å². The van der Waals surface area contributed by atoms with Crippen LogP contribution in [0.15, 0.2) is 61.1 Å². The second kappa shape index (κ2) is 9.68. The summed E-state index contributed by atoms with van der Waals surface area (Å²) in [6, 6.07) is 14.0. The van der Waals surface area contributed by atoms with Crippen molar-refractivity contribution in [1.82, 2.24) is 24.8 Å². The van der Waals surface area contributed by atoms with Crippen molar-refractivity contribution in [3.05, 3.63) is 77.3 Å². The van der Waals surface area contributed by atoms with Gasteiger partial charge in [-0.25, -0.2) is 24.1 Å². The van der Waals surface area contributed by atoms with Crippen LogP contribution >= 0.6 is 11.3 Å². The highest BCUT2D eigenvalue weighted by Crippen LogP contribution is 2.45. The van der Waals surface area contributed by atoms with E-state index >= 15 is 0 Å². The van der Waals surface area contributed by atoms with Gasteiger partial charge in [0.2, 0.25) is 0 Å². The maximum absolute atomic E-state index is 13.7. The third-order valence-corrected chi connectivity index (χ3v) is 8.73. The number of thiophene rings is 1. The molecule has 7 rings (SSSR count). The molecule has 11 heteroatoms. The van der Waals surface area contributed by atoms with Gasteiger partial charge in [0.05, 0.1) is 16.8 Å². The zero-order valence-electron chi connectivity index (χ0n) is 21.7. The first kappa shape index (κ1) is 24.7. The van der Waals surface area contributed by atoms with Gasteiger partial charge in [-0.2, -0.15) is 0 Å². The second-order valence-corrected chi connectivity index (χ2v) is 11.3. The van der Waals surface area contributed by atoms with Crippen molar-refractivity contribution in [1.29, 1.82) is 0 Å². The smallest absolute Gasteiger partial charge is 0.332 e. The Morgan fingerprint density at radius 3 is 2.83 bits per heavy atom. The molecule has 2 aromatic carbocycles. The lowest BCUT2D eigenvalue weighted by Crippen LogP contribution is -2.43. The minimum atomic E-state index is -0.391. The molecule has 0 radical (unpaired) electrons. The van der Waals surface area contributed by atoms with Crippen LogP contribution in [0.1, 0.15) is 28.1 Å². The van der Waals surface area contributed by atoms with E-state index in [9.17, 15) is 14.0 Å². The van der Waals surface area contributed by atoms with Crippen LogP contribution in [-0.4, -0.2) is 57.6 Å². The normalized spacial score (nSPS) is 16.1. The Labute approximate surface area is 233 Å². The molecule has 2 aliphatic rings. The standard InChI is InChI=1S/C29H26FN7O2S/c1-35-10-8-20(9-11-35)33-27(38)25-24-23-26(31-16-32-28(23)40-25)37(29(39)34-24)21-5-6-22-18(14-21)7-12-36(22)15-17-3-2-4-19(30)13-17/h2-7,12-14,16,20H,8-11,15H2,1H3,(H,33,38)(H,34,39). The average molecular weight is 556 g/mol. The number of anilines is 3. The summed E-state index contributed by atoms with van der Waals surface area (Å²) in [6.07, 6.45) is 5.15. The molecule has 1 fully saturated rings. The molecule has 40 heavy (non-hydrogen) atoms. The van der Waals surface area contributed by atoms with Gasteiger partial charge in [-0.3, -0.25) is 4.79 Å². The summed E-state index contributed by atoms with van der Waals surface area (Å²) in [4.78, 5) is 40.5. The lowest BCUT2D eigenvalue weighted by Gasteiger charge is -2.29. The Bertz CT molecular complexity index is 1790. The van der Waals surface area contributed by atoms with Gasteiger partial charge in [-0.05, 0) is 74.9 Å². The third kappa shape index (κ3) is 4.27. The van der Waals surface area contributed by atoms with Crippen molar-refractivity contribution in [2.45, 2.75) is 25.4 Å². The van der Waals surface area contributed by atoms with E-state index in [-0.39, 0.29) is 17.8 Å². The first-order valence-corrected chi connectivity index (χ1v) is 14.0. The molecule has 3 amide bonds. The van der Waals surface area contributed by atoms with Crippen LogP contribution in [0.4, 0.5) is 26.4 Å². The molecule has 0 spiro atoms. The van der Waals surface area contributed by atoms with Crippen molar-refractivity contribution in [2.24, 2.45) is 0 Å². The number of aromatic nitrogens is 3. The van der Waals surface area contributed by atoms with Gasteiger partial charge in [-0.1, -0.05) is 12.1 Å². The molecule has 2 N–H and O–H groups in total. The molecular weight excluding hydrogens is 529 g/mol. The Morgan fingerprint density at radius 2 is 2.00 bits per heavy atom. The monoisotopic (exact) mass is 555 g/mol. The van der Waals surface area contributed by atoms with Crippen LogP contribution < -0.4 is 15.5 Å². The third-order valence-electron chi connectivity index (χ3n) is 7.63. The topological polar surface area (TPSA) is 95.4 Å². The Kier molecular flexibility index (Phi) is 5.97. The molecule has 202 valence electrons. The lowest BCUT2D eigenvalue weighted by atomic mass is 10.1. The first-order valence-electron chi connectivity index (χ1n) is 13.2. The highest BCUT2D eigenvalue weighted by molar-refractivity contribution is 7.21. The fourth-order valence-corrected chi connectivity index (χ4v) is 6.56. The van der Waals surface area contributed by atoms with Crippen LogP contribution in [0, 0.1) is 5.82 Å². The van der Waals surface area contributed by atoms with Crippen molar-refractivity contribution in [3.63, 3.8) is 0 Å². The molecule has 0 bridgehead atoms. The molecule has 0 saturated carbocycles.